The van der Waals surface area contributed by atoms with Crippen LogP contribution < -0.4 is 4.74 Å². The van der Waals surface area contributed by atoms with E-state index in [1.165, 1.54) is 6.07 Å². The number of halogens is 3. The van der Waals surface area contributed by atoms with Crippen LogP contribution in [0.15, 0.2) is 10.5 Å². The molecule has 1 saturated carbocycles. The van der Waals surface area contributed by atoms with Gasteiger partial charge in [-0.1, -0.05) is 0 Å². The Balaban J connectivity index is 2.28. The summed E-state index contributed by atoms with van der Waals surface area (Å²) in [4.78, 5) is 0. The number of benzene rings is 1. The molecule has 0 atom stereocenters. The molecule has 0 N–H and O–H groups in total. The zero-order chi connectivity index (χ0) is 18.8. The Morgan fingerprint density at radius 2 is 1.68 bits per heavy atom. The normalized spacial score (nSPS) is 17.6. The van der Waals surface area contributed by atoms with Crippen molar-refractivity contribution in [3.8, 4) is 5.75 Å². The van der Waals surface area contributed by atoms with Crippen LogP contribution in [0.1, 0.15) is 72.3 Å². The average molecular weight is 478 g/mol. The maximum atomic E-state index is 15.0. The van der Waals surface area contributed by atoms with Gasteiger partial charge in [-0.3, -0.25) is 0 Å². The molecule has 25 heavy (non-hydrogen) atoms. The summed E-state index contributed by atoms with van der Waals surface area (Å²) in [6, 6.07) is 1.39. The molecule has 5 heteroatoms. The molecule has 0 saturated heterocycles. The first-order valence-electron chi connectivity index (χ1n) is 9.48. The Bertz CT molecular complexity index is 590. The van der Waals surface area contributed by atoms with E-state index in [2.05, 4.69) is 43.6 Å². The molecule has 2 rings (SSSR count). The first-order chi connectivity index (χ1) is 11.7. The molecule has 0 aromatic heterocycles. The van der Waals surface area contributed by atoms with Crippen LogP contribution in [-0.4, -0.2) is 19.8 Å². The van der Waals surface area contributed by atoms with Gasteiger partial charge in [-0.05, 0) is 0 Å². The summed E-state index contributed by atoms with van der Waals surface area (Å²) >= 11 is 1.67. The second kappa shape index (κ2) is 8.73. The molecule has 0 aliphatic heterocycles. The van der Waals surface area contributed by atoms with Gasteiger partial charge in [0.25, 0.3) is 0 Å². The Labute approximate surface area is 164 Å². The van der Waals surface area contributed by atoms with E-state index in [1.807, 2.05) is 6.92 Å². The Morgan fingerprint density at radius 3 is 2.20 bits per heavy atom. The molecule has 0 bridgehead atoms. The van der Waals surface area contributed by atoms with Crippen LogP contribution in [0.2, 0.25) is 9.50 Å². The summed E-state index contributed by atoms with van der Waals surface area (Å²) in [7, 11) is 0. The number of hydrogen-bond donors (Lipinski definition) is 0. The summed E-state index contributed by atoms with van der Waals surface area (Å²) in [5.74, 6) is -0.620. The van der Waals surface area contributed by atoms with Crippen LogP contribution >= 0.6 is 15.9 Å². The molecular weight excluding hydrogens is 447 g/mol. The van der Waals surface area contributed by atoms with Gasteiger partial charge < -0.3 is 0 Å². The minimum absolute atomic E-state index is 0.234. The van der Waals surface area contributed by atoms with Crippen molar-refractivity contribution in [1.82, 2.24) is 0 Å². The van der Waals surface area contributed by atoms with Gasteiger partial charge in [0.2, 0.25) is 0 Å². The number of ether oxygens (including phenoxy) is 1. The van der Waals surface area contributed by atoms with Gasteiger partial charge in [0.15, 0.2) is 0 Å². The van der Waals surface area contributed by atoms with Gasteiger partial charge in [0, 0.05) is 0 Å². The summed E-state index contributed by atoms with van der Waals surface area (Å²) in [5.41, 5.74) is 0.470. The molecule has 142 valence electrons. The van der Waals surface area contributed by atoms with E-state index in [0.29, 0.717) is 20.7 Å². The molecule has 1 aromatic carbocycles. The van der Waals surface area contributed by atoms with Crippen LogP contribution in [0.25, 0.3) is 0 Å². The van der Waals surface area contributed by atoms with Crippen molar-refractivity contribution in [2.45, 2.75) is 81.6 Å². The third-order valence-electron chi connectivity index (χ3n) is 5.83. The fraction of sp³-hybridized carbons (Fsp3) is 0.700. The van der Waals surface area contributed by atoms with Crippen LogP contribution in [0.3, 0.4) is 0 Å². The van der Waals surface area contributed by atoms with Gasteiger partial charge in [0.05, 0.1) is 0 Å². The van der Waals surface area contributed by atoms with Crippen molar-refractivity contribution in [1.29, 1.82) is 0 Å². The van der Waals surface area contributed by atoms with Crippen LogP contribution in [-0.2, 0) is 5.41 Å². The summed E-state index contributed by atoms with van der Waals surface area (Å²) in [6.45, 7) is 10.9. The summed E-state index contributed by atoms with van der Waals surface area (Å²) in [5, 5.41) is 0. The standard InChI is InChI=1S/C20H31BrF2GeO/c1-13(2)24(14(3)4)12-25-16-11-15(22)17(19(23)18(16)21)20(5)9-7-6-8-10-20/h11,13-14,24H,6-10,12H2,1-5H3. The minimum atomic E-state index is -1.66. The molecule has 0 unspecified atom stereocenters. The van der Waals surface area contributed by atoms with Crippen molar-refractivity contribution in [2.24, 2.45) is 0 Å². The SMILES string of the molecule is C[CH](C)[GeH]([CH2]Oc1cc(F)c(C2(C)CCCCC2)c(F)c1Br)[CH](C)C. The van der Waals surface area contributed by atoms with Gasteiger partial charge >= 0.3 is 164 Å². The summed E-state index contributed by atoms with van der Waals surface area (Å²) < 4.78 is 37.4. The topological polar surface area (TPSA) is 9.23 Å². The van der Waals surface area contributed by atoms with Crippen LogP contribution in [0.4, 0.5) is 8.78 Å². The van der Waals surface area contributed by atoms with E-state index in [0.717, 1.165) is 32.1 Å². The maximum absolute atomic E-state index is 15.0. The van der Waals surface area contributed by atoms with Crippen molar-refractivity contribution in [2.75, 3.05) is 5.44 Å². The third kappa shape index (κ3) is 4.79. The molecule has 1 aromatic rings. The number of rotatable bonds is 6. The molecule has 1 aliphatic rings. The van der Waals surface area contributed by atoms with Gasteiger partial charge in [-0.2, -0.15) is 0 Å². The molecule has 0 radical (unpaired) electrons. The molecule has 1 aliphatic carbocycles. The van der Waals surface area contributed by atoms with E-state index in [1.54, 1.807) is 0 Å². The fourth-order valence-electron chi connectivity index (χ4n) is 4.15. The predicted octanol–water partition coefficient (Wildman–Crippen LogP) is 6.91. The predicted molar refractivity (Wildman–Crippen MR) is 107 cm³/mol. The molecule has 0 heterocycles. The van der Waals surface area contributed by atoms with Gasteiger partial charge in [-0.25, -0.2) is 0 Å². The van der Waals surface area contributed by atoms with Crippen LogP contribution in [0, 0.1) is 11.6 Å². The van der Waals surface area contributed by atoms with E-state index < -0.39 is 31.4 Å². The Hall–Kier alpha value is -0.0971. The second-order valence-corrected chi connectivity index (χ2v) is 18.3. The molecule has 1 fully saturated rings. The Kier molecular flexibility index (Phi) is 7.40. The quantitative estimate of drug-likeness (QED) is 0.319. The van der Waals surface area contributed by atoms with Crippen molar-refractivity contribution in [3.05, 3.63) is 27.7 Å². The van der Waals surface area contributed by atoms with E-state index in [4.69, 9.17) is 4.74 Å². The molecular formula is C20H31BrF2GeO. The zero-order valence-electron chi connectivity index (χ0n) is 16.1. The van der Waals surface area contributed by atoms with Crippen molar-refractivity contribution < 1.29 is 13.5 Å². The van der Waals surface area contributed by atoms with E-state index >= 15 is 4.39 Å². The first kappa shape index (κ1) is 21.2. The second-order valence-electron chi connectivity index (χ2n) is 8.44. The zero-order valence-corrected chi connectivity index (χ0v) is 20.1. The van der Waals surface area contributed by atoms with E-state index in [9.17, 15) is 4.39 Å². The molecule has 0 spiro atoms. The third-order valence-corrected chi connectivity index (χ3v) is 14.9. The summed E-state index contributed by atoms with van der Waals surface area (Å²) in [6.07, 6.45) is 4.89. The fourth-order valence-corrected chi connectivity index (χ4v) is 10.2. The van der Waals surface area contributed by atoms with E-state index in [-0.39, 0.29) is 10.0 Å². The Morgan fingerprint density at radius 1 is 1.12 bits per heavy atom. The van der Waals surface area contributed by atoms with Crippen molar-refractivity contribution >= 4 is 30.3 Å². The monoisotopic (exact) mass is 478 g/mol. The van der Waals surface area contributed by atoms with Crippen LogP contribution in [0.5, 0.6) is 5.75 Å². The number of hydrogen-bond acceptors (Lipinski definition) is 1. The van der Waals surface area contributed by atoms with Gasteiger partial charge in [-0.15, -0.1) is 0 Å². The average Bonchev–Trinajstić information content (AvgIpc) is 2.52. The van der Waals surface area contributed by atoms with Gasteiger partial charge in [0.1, 0.15) is 0 Å². The first-order valence-corrected chi connectivity index (χ1v) is 14.8. The van der Waals surface area contributed by atoms with Crippen molar-refractivity contribution in [3.63, 3.8) is 0 Å². The molecule has 0 amide bonds. The molecule has 1 nitrogen and oxygen atoms in total.